The van der Waals surface area contributed by atoms with Gasteiger partial charge in [-0.05, 0) is 60.7 Å². The summed E-state index contributed by atoms with van der Waals surface area (Å²) < 4.78 is 31.6. The molecule has 2 aromatic rings. The Morgan fingerprint density at radius 3 is 2.08 bits per heavy atom. The van der Waals surface area contributed by atoms with Gasteiger partial charge in [0.05, 0.1) is 13.2 Å². The summed E-state index contributed by atoms with van der Waals surface area (Å²) in [5, 5.41) is 20.7. The van der Waals surface area contributed by atoms with Crippen LogP contribution in [0.5, 0.6) is 0 Å². The third-order valence-corrected chi connectivity index (χ3v) is 5.76. The number of nitrogens with zero attached hydrogens (tertiary/aromatic N) is 1. The highest BCUT2D eigenvalue weighted by atomic mass is 19.3. The van der Waals surface area contributed by atoms with Crippen LogP contribution in [-0.4, -0.2) is 71.4 Å². The molecule has 0 aliphatic carbocycles. The minimum Gasteiger partial charge on any atom is -0.381 e. The molecule has 37 heavy (non-hydrogen) atoms. The van der Waals surface area contributed by atoms with E-state index in [2.05, 4.69) is 28.6 Å². The molecule has 1 heterocycles. The van der Waals surface area contributed by atoms with Gasteiger partial charge in [-0.1, -0.05) is 24.0 Å². The van der Waals surface area contributed by atoms with Crippen molar-refractivity contribution in [2.75, 3.05) is 26.3 Å². The van der Waals surface area contributed by atoms with Crippen LogP contribution in [0.1, 0.15) is 34.0 Å². The fourth-order valence-electron chi connectivity index (χ4n) is 3.50. The number of rotatable bonds is 7. The van der Waals surface area contributed by atoms with Gasteiger partial charge in [0.25, 0.3) is 18.2 Å². The summed E-state index contributed by atoms with van der Waals surface area (Å²) in [4.78, 5) is 26.5. The molecule has 10 heteroatoms. The number of benzene rings is 2. The number of carbonyl (C=O) groups excluding carboxylic acids is 2. The molecule has 1 aliphatic heterocycles. The lowest BCUT2D eigenvalue weighted by atomic mass is 9.95. The number of hydroxylamine groups is 1. The molecule has 0 spiro atoms. The molecule has 0 aromatic heterocycles. The summed E-state index contributed by atoms with van der Waals surface area (Å²) in [6.07, 6.45) is -3.36. The van der Waals surface area contributed by atoms with Crippen molar-refractivity contribution in [2.24, 2.45) is 0 Å². The van der Waals surface area contributed by atoms with E-state index in [1.807, 2.05) is 29.6 Å². The monoisotopic (exact) mass is 511 g/mol. The minimum atomic E-state index is -3.36. The molecule has 8 nitrogen and oxygen atoms in total. The number of ether oxygens (including phenoxy) is 1. The normalized spacial score (nSPS) is 15.8. The summed E-state index contributed by atoms with van der Waals surface area (Å²) in [5.41, 5.74) is 0.874. The zero-order valence-electron chi connectivity index (χ0n) is 20.1. The Morgan fingerprint density at radius 1 is 1.03 bits per heavy atom. The topological polar surface area (TPSA) is 111 Å². The lowest BCUT2D eigenvalue weighted by Crippen LogP contribution is -2.61. The van der Waals surface area contributed by atoms with Gasteiger partial charge in [-0.2, -0.15) is 0 Å². The summed E-state index contributed by atoms with van der Waals surface area (Å²) in [7, 11) is 0. The van der Waals surface area contributed by atoms with Crippen molar-refractivity contribution in [1.82, 2.24) is 15.7 Å². The van der Waals surface area contributed by atoms with Gasteiger partial charge in [0, 0.05) is 36.3 Å². The molecular formula is C27H27F2N3O5. The van der Waals surface area contributed by atoms with Gasteiger partial charge in [-0.3, -0.25) is 19.7 Å². The Kier molecular flexibility index (Phi) is 9.72. The van der Waals surface area contributed by atoms with Gasteiger partial charge in [0.1, 0.15) is 6.04 Å². The zero-order chi connectivity index (χ0) is 26.8. The van der Waals surface area contributed by atoms with Crippen molar-refractivity contribution in [3.63, 3.8) is 0 Å². The highest BCUT2D eigenvalue weighted by Crippen LogP contribution is 2.20. The van der Waals surface area contributed by atoms with Gasteiger partial charge in [-0.15, -0.1) is 0 Å². The van der Waals surface area contributed by atoms with Crippen LogP contribution in [0.25, 0.3) is 0 Å². The molecule has 2 aromatic carbocycles. The Morgan fingerprint density at radius 2 is 1.57 bits per heavy atom. The van der Waals surface area contributed by atoms with Crippen LogP contribution >= 0.6 is 0 Å². The average Bonchev–Trinajstić information content (AvgIpc) is 2.90. The number of hydrogen-bond donors (Lipinski definition) is 4. The highest BCUT2D eigenvalue weighted by Gasteiger charge is 2.46. The molecule has 0 saturated carbocycles. The van der Waals surface area contributed by atoms with Crippen LogP contribution in [0.15, 0.2) is 48.5 Å². The van der Waals surface area contributed by atoms with E-state index >= 15 is 0 Å². The van der Waals surface area contributed by atoms with Gasteiger partial charge in [0.15, 0.2) is 5.60 Å². The molecule has 0 bridgehead atoms. The third kappa shape index (κ3) is 7.84. The summed E-state index contributed by atoms with van der Waals surface area (Å²) in [6.45, 7) is 4.90. The van der Waals surface area contributed by atoms with Crippen molar-refractivity contribution in [1.29, 1.82) is 0 Å². The zero-order valence-corrected chi connectivity index (χ0v) is 20.1. The van der Waals surface area contributed by atoms with Crippen molar-refractivity contribution < 1.29 is 33.4 Å². The number of amides is 2. The maximum absolute atomic E-state index is 13.1. The molecule has 1 fully saturated rings. The van der Waals surface area contributed by atoms with Crippen molar-refractivity contribution in [3.8, 4) is 23.7 Å². The number of morpholine rings is 1. The second kappa shape index (κ2) is 12.9. The van der Waals surface area contributed by atoms with E-state index in [9.17, 15) is 23.5 Å². The lowest BCUT2D eigenvalue weighted by Gasteiger charge is -2.30. The fraction of sp³-hybridized carbons (Fsp3) is 0.333. The number of aliphatic hydroxyl groups is 1. The first-order chi connectivity index (χ1) is 17.7. The summed E-state index contributed by atoms with van der Waals surface area (Å²) in [6, 6.07) is 11.7. The van der Waals surface area contributed by atoms with Crippen LogP contribution in [0, 0.1) is 23.7 Å². The Bertz CT molecular complexity index is 1200. The predicted octanol–water partition coefficient (Wildman–Crippen LogP) is 1.54. The number of nitrogens with one attached hydrogen (secondary N) is 2. The Hall–Kier alpha value is -3.80. The molecule has 0 radical (unpaired) electrons. The van der Waals surface area contributed by atoms with Gasteiger partial charge in [0.2, 0.25) is 0 Å². The van der Waals surface area contributed by atoms with Crippen molar-refractivity contribution >= 4 is 11.8 Å². The Balaban J connectivity index is 1.58. The predicted molar refractivity (Wildman–Crippen MR) is 131 cm³/mol. The second-order valence-electron chi connectivity index (χ2n) is 8.57. The number of alkyl halides is 2. The number of hydrogen-bond acceptors (Lipinski definition) is 6. The van der Waals surface area contributed by atoms with Crippen LogP contribution < -0.4 is 10.8 Å². The summed E-state index contributed by atoms with van der Waals surface area (Å²) >= 11 is 0. The average molecular weight is 512 g/mol. The van der Waals surface area contributed by atoms with E-state index in [0.717, 1.165) is 38.4 Å². The first-order valence-electron chi connectivity index (χ1n) is 11.5. The number of halogens is 2. The maximum Gasteiger partial charge on any atom is 0.269 e. The van der Waals surface area contributed by atoms with E-state index in [4.69, 9.17) is 9.94 Å². The highest BCUT2D eigenvalue weighted by molar-refractivity contribution is 5.97. The van der Waals surface area contributed by atoms with E-state index in [0.29, 0.717) is 12.5 Å². The Labute approximate surface area is 213 Å². The molecule has 2 amide bonds. The van der Waals surface area contributed by atoms with Gasteiger partial charge in [-0.25, -0.2) is 14.3 Å². The fourth-order valence-corrected chi connectivity index (χ4v) is 3.50. The SMILES string of the molecule is CC(O)(C(F)F)C(NC(=O)c1ccc(C#CC#Cc2ccc(CN3CCOCC3)cc2)cc1)C(=O)NO. The van der Waals surface area contributed by atoms with Gasteiger partial charge >= 0.3 is 0 Å². The van der Waals surface area contributed by atoms with Crippen LogP contribution in [0.3, 0.4) is 0 Å². The van der Waals surface area contributed by atoms with Gasteiger partial charge < -0.3 is 15.2 Å². The first kappa shape index (κ1) is 27.8. The van der Waals surface area contributed by atoms with Crippen molar-refractivity contribution in [3.05, 3.63) is 70.8 Å². The quantitative estimate of drug-likeness (QED) is 0.255. The largest absolute Gasteiger partial charge is 0.381 e. The maximum atomic E-state index is 13.1. The number of carbonyl (C=O) groups is 2. The molecule has 194 valence electrons. The van der Waals surface area contributed by atoms with E-state index < -0.39 is 29.9 Å². The molecule has 2 atom stereocenters. The standard InChI is InChI=1S/C27H27F2N3O5/c1-27(35,26(28)29)23(25(34)31-36)30-24(33)22-12-10-20(11-13-22)5-3-2-4-19-6-8-21(9-7-19)18-32-14-16-37-17-15-32/h6-13,23,26,35-36H,14-18H2,1H3,(H,30,33)(H,31,34). The molecule has 2 unspecified atom stereocenters. The van der Waals surface area contributed by atoms with Crippen molar-refractivity contribution in [2.45, 2.75) is 31.5 Å². The molecule has 1 aliphatic rings. The van der Waals surface area contributed by atoms with E-state index in [1.165, 1.54) is 35.3 Å². The molecular weight excluding hydrogens is 484 g/mol. The smallest absolute Gasteiger partial charge is 0.269 e. The van der Waals surface area contributed by atoms with E-state index in [1.54, 1.807) is 0 Å². The minimum absolute atomic E-state index is 0.0367. The third-order valence-electron chi connectivity index (χ3n) is 5.76. The molecule has 4 N–H and O–H groups in total. The lowest BCUT2D eigenvalue weighted by molar-refractivity contribution is -0.149. The second-order valence-corrected chi connectivity index (χ2v) is 8.57. The van der Waals surface area contributed by atoms with Crippen LogP contribution in [0.4, 0.5) is 8.78 Å². The molecule has 3 rings (SSSR count). The first-order valence-corrected chi connectivity index (χ1v) is 11.5. The summed E-state index contributed by atoms with van der Waals surface area (Å²) in [5.74, 6) is 9.05. The van der Waals surface area contributed by atoms with Crippen LogP contribution in [0.2, 0.25) is 0 Å². The van der Waals surface area contributed by atoms with Crippen LogP contribution in [-0.2, 0) is 16.1 Å². The van der Waals surface area contributed by atoms with E-state index in [-0.39, 0.29) is 5.56 Å². The molecule has 1 saturated heterocycles.